The zero-order chi connectivity index (χ0) is 11.7. The lowest BCUT2D eigenvalue weighted by atomic mass is 10.1. The van der Waals surface area contributed by atoms with Crippen LogP contribution in [0.1, 0.15) is 24.2 Å². The zero-order valence-corrected chi connectivity index (χ0v) is 9.03. The van der Waals surface area contributed by atoms with Crippen LogP contribution in [0.15, 0.2) is 24.4 Å². The molecule has 1 N–H and O–H groups in total. The number of ketones is 1. The van der Waals surface area contributed by atoms with Crippen molar-refractivity contribution in [2.24, 2.45) is 0 Å². The summed E-state index contributed by atoms with van der Waals surface area (Å²) >= 11 is 0. The van der Waals surface area contributed by atoms with E-state index in [4.69, 9.17) is 4.74 Å². The van der Waals surface area contributed by atoms with Crippen LogP contribution >= 0.6 is 0 Å². The summed E-state index contributed by atoms with van der Waals surface area (Å²) < 4.78 is 4.95. The van der Waals surface area contributed by atoms with Gasteiger partial charge < -0.3 is 9.72 Å². The van der Waals surface area contributed by atoms with Crippen molar-refractivity contribution in [3.05, 3.63) is 30.0 Å². The van der Waals surface area contributed by atoms with E-state index in [9.17, 15) is 9.59 Å². The van der Waals surface area contributed by atoms with E-state index in [-0.39, 0.29) is 11.8 Å². The summed E-state index contributed by atoms with van der Waals surface area (Å²) in [6.07, 6.45) is 1.66. The minimum atomic E-state index is -0.363. The molecule has 0 amide bonds. The number of Topliss-reactive ketones (excluding diaryl/α,β-unsaturated/α-hetero) is 1. The molecule has 0 unspecified atom stereocenters. The normalized spacial score (nSPS) is 10.4. The van der Waals surface area contributed by atoms with Gasteiger partial charge in [-0.05, 0) is 19.1 Å². The van der Waals surface area contributed by atoms with Crippen molar-refractivity contribution in [1.29, 1.82) is 0 Å². The molecule has 0 saturated carbocycles. The molecule has 0 spiro atoms. The van der Waals surface area contributed by atoms with Crippen LogP contribution in [0.4, 0.5) is 0 Å². The molecule has 1 aromatic heterocycles. The molecule has 0 atom stereocenters. The fourth-order valence-corrected chi connectivity index (χ4v) is 1.63. The monoisotopic (exact) mass is 217 g/mol. The fraction of sp³-hybridized carbons (Fsp3) is 0.167. The minimum absolute atomic E-state index is 0.00601. The highest BCUT2D eigenvalue weighted by atomic mass is 16.5. The van der Waals surface area contributed by atoms with Gasteiger partial charge in [-0.15, -0.1) is 0 Å². The van der Waals surface area contributed by atoms with Crippen LogP contribution in [0, 0.1) is 0 Å². The van der Waals surface area contributed by atoms with Crippen LogP contribution in [0.3, 0.4) is 0 Å². The topological polar surface area (TPSA) is 59.2 Å². The number of ether oxygens (including phenoxy) is 1. The number of rotatable bonds is 2. The Morgan fingerprint density at radius 3 is 2.62 bits per heavy atom. The summed E-state index contributed by atoms with van der Waals surface area (Å²) in [5.41, 5.74) is 1.42. The molecule has 2 aromatic rings. The van der Waals surface area contributed by atoms with Crippen molar-refractivity contribution in [3.63, 3.8) is 0 Å². The second-order valence-corrected chi connectivity index (χ2v) is 3.56. The van der Waals surface area contributed by atoms with Gasteiger partial charge in [0.15, 0.2) is 5.78 Å². The molecule has 1 aromatic carbocycles. The Bertz CT molecular complexity index is 569. The van der Waals surface area contributed by atoms with Crippen molar-refractivity contribution in [2.75, 3.05) is 0 Å². The molecule has 0 saturated heterocycles. The maximum atomic E-state index is 11.3. The number of hydrogen-bond acceptors (Lipinski definition) is 3. The standard InChI is InChI=1S/C12H11NO3/c1-7(14)11-6-13-12-5-9(16-8(2)15)3-4-10(11)12/h3-6,13H,1-2H3. The zero-order valence-electron chi connectivity index (χ0n) is 9.03. The van der Waals surface area contributed by atoms with Gasteiger partial charge in [0.05, 0.1) is 0 Å². The van der Waals surface area contributed by atoms with E-state index >= 15 is 0 Å². The summed E-state index contributed by atoms with van der Waals surface area (Å²) in [7, 11) is 0. The molecular weight excluding hydrogens is 206 g/mol. The van der Waals surface area contributed by atoms with Crippen LogP contribution in [-0.4, -0.2) is 16.7 Å². The second kappa shape index (κ2) is 3.81. The number of aromatic amines is 1. The van der Waals surface area contributed by atoms with Gasteiger partial charge >= 0.3 is 5.97 Å². The van der Waals surface area contributed by atoms with E-state index < -0.39 is 0 Å². The third-order valence-corrected chi connectivity index (χ3v) is 2.29. The minimum Gasteiger partial charge on any atom is -0.427 e. The molecule has 2 rings (SSSR count). The van der Waals surface area contributed by atoms with Gasteiger partial charge in [-0.3, -0.25) is 9.59 Å². The van der Waals surface area contributed by atoms with Crippen molar-refractivity contribution >= 4 is 22.7 Å². The Balaban J connectivity index is 2.49. The molecule has 0 fully saturated rings. The number of esters is 1. The van der Waals surface area contributed by atoms with Crippen molar-refractivity contribution < 1.29 is 14.3 Å². The van der Waals surface area contributed by atoms with Crippen LogP contribution in [0.2, 0.25) is 0 Å². The number of fused-ring (bicyclic) bond motifs is 1. The predicted molar refractivity (Wildman–Crippen MR) is 59.6 cm³/mol. The first-order valence-electron chi connectivity index (χ1n) is 4.88. The molecule has 4 nitrogen and oxygen atoms in total. The first kappa shape index (κ1) is 10.4. The molecule has 16 heavy (non-hydrogen) atoms. The maximum absolute atomic E-state index is 11.3. The molecule has 0 aliphatic carbocycles. The number of carbonyl (C=O) groups is 2. The number of aromatic nitrogens is 1. The lowest BCUT2D eigenvalue weighted by molar-refractivity contribution is -0.131. The third-order valence-electron chi connectivity index (χ3n) is 2.29. The number of hydrogen-bond donors (Lipinski definition) is 1. The highest BCUT2D eigenvalue weighted by Gasteiger charge is 2.08. The second-order valence-electron chi connectivity index (χ2n) is 3.56. The number of benzene rings is 1. The lowest BCUT2D eigenvalue weighted by Gasteiger charge is -2.00. The summed E-state index contributed by atoms with van der Waals surface area (Å²) in [5, 5.41) is 0.836. The Labute approximate surface area is 92.2 Å². The van der Waals surface area contributed by atoms with Gasteiger partial charge in [-0.1, -0.05) is 0 Å². The summed E-state index contributed by atoms with van der Waals surface area (Å²) in [4.78, 5) is 25.0. The summed E-state index contributed by atoms with van der Waals surface area (Å²) in [6, 6.07) is 5.13. The molecule has 0 aliphatic heterocycles. The van der Waals surface area contributed by atoms with Gasteiger partial charge in [0.1, 0.15) is 5.75 Å². The number of carbonyl (C=O) groups excluding carboxylic acids is 2. The van der Waals surface area contributed by atoms with Crippen LogP contribution < -0.4 is 4.74 Å². The van der Waals surface area contributed by atoms with Crippen molar-refractivity contribution in [1.82, 2.24) is 4.98 Å². The number of nitrogens with one attached hydrogen (secondary N) is 1. The Morgan fingerprint density at radius 2 is 2.00 bits per heavy atom. The first-order chi connectivity index (χ1) is 7.58. The Hall–Kier alpha value is -2.10. The van der Waals surface area contributed by atoms with Crippen LogP contribution in [0.25, 0.3) is 10.9 Å². The average molecular weight is 217 g/mol. The molecular formula is C12H11NO3. The molecule has 0 bridgehead atoms. The van der Waals surface area contributed by atoms with Crippen LogP contribution in [0.5, 0.6) is 5.75 Å². The van der Waals surface area contributed by atoms with E-state index in [1.165, 1.54) is 13.8 Å². The Kier molecular flexibility index (Phi) is 2.48. The molecule has 1 heterocycles. The first-order valence-corrected chi connectivity index (χ1v) is 4.88. The van der Waals surface area contributed by atoms with E-state index in [1.54, 1.807) is 24.4 Å². The van der Waals surface area contributed by atoms with Crippen LogP contribution in [-0.2, 0) is 4.79 Å². The van der Waals surface area contributed by atoms with Crippen molar-refractivity contribution in [2.45, 2.75) is 13.8 Å². The van der Waals surface area contributed by atoms with Gasteiger partial charge in [-0.25, -0.2) is 0 Å². The van der Waals surface area contributed by atoms with E-state index in [0.717, 1.165) is 10.9 Å². The number of H-pyrrole nitrogens is 1. The molecule has 0 radical (unpaired) electrons. The summed E-state index contributed by atoms with van der Waals surface area (Å²) in [5.74, 6) is 0.112. The maximum Gasteiger partial charge on any atom is 0.308 e. The predicted octanol–water partition coefficient (Wildman–Crippen LogP) is 2.30. The quantitative estimate of drug-likeness (QED) is 0.477. The van der Waals surface area contributed by atoms with Gasteiger partial charge in [-0.2, -0.15) is 0 Å². The van der Waals surface area contributed by atoms with Gasteiger partial charge in [0, 0.05) is 35.7 Å². The van der Waals surface area contributed by atoms with E-state index in [0.29, 0.717) is 11.3 Å². The smallest absolute Gasteiger partial charge is 0.308 e. The van der Waals surface area contributed by atoms with E-state index in [2.05, 4.69) is 4.98 Å². The molecule has 4 heteroatoms. The van der Waals surface area contributed by atoms with E-state index in [1.807, 2.05) is 0 Å². The van der Waals surface area contributed by atoms with Gasteiger partial charge in [0.2, 0.25) is 0 Å². The highest BCUT2D eigenvalue weighted by molar-refractivity contribution is 6.06. The Morgan fingerprint density at radius 1 is 1.25 bits per heavy atom. The third kappa shape index (κ3) is 1.82. The molecule has 0 aliphatic rings. The molecule has 82 valence electrons. The fourth-order valence-electron chi connectivity index (χ4n) is 1.63. The van der Waals surface area contributed by atoms with Gasteiger partial charge in [0.25, 0.3) is 0 Å². The lowest BCUT2D eigenvalue weighted by Crippen LogP contribution is -2.00. The SMILES string of the molecule is CC(=O)Oc1ccc2c(C(C)=O)c[nH]c2c1. The largest absolute Gasteiger partial charge is 0.427 e. The summed E-state index contributed by atoms with van der Waals surface area (Å²) in [6.45, 7) is 2.86. The highest BCUT2D eigenvalue weighted by Crippen LogP contribution is 2.23. The average Bonchev–Trinajstić information content (AvgIpc) is 2.59. The van der Waals surface area contributed by atoms with Crippen molar-refractivity contribution in [3.8, 4) is 5.75 Å².